The summed E-state index contributed by atoms with van der Waals surface area (Å²) < 4.78 is 4.46. The fourth-order valence-electron chi connectivity index (χ4n) is 1.01. The lowest BCUT2D eigenvalue weighted by Crippen LogP contribution is -2.08. The predicted octanol–water partition coefficient (Wildman–Crippen LogP) is 1.93. The van der Waals surface area contributed by atoms with E-state index in [-0.39, 0.29) is 10.6 Å². The van der Waals surface area contributed by atoms with Crippen molar-refractivity contribution in [2.75, 3.05) is 6.61 Å². The zero-order valence-electron chi connectivity index (χ0n) is 7.84. The average molecular weight is 241 g/mol. The van der Waals surface area contributed by atoms with E-state index >= 15 is 0 Å². The Kier molecular flexibility index (Phi) is 3.80. The lowest BCUT2D eigenvalue weighted by molar-refractivity contribution is -0.385. The molecule has 0 fully saturated rings. The molecule has 0 heterocycles. The Hall–Kier alpha value is -2.13. The van der Waals surface area contributed by atoms with Crippen molar-refractivity contribution in [3.05, 3.63) is 38.9 Å². The number of nitrogens with zero attached hydrogens (tertiary/aromatic N) is 2. The fraction of sp³-hybridized carbons (Fsp3) is 0.111. The zero-order valence-corrected chi connectivity index (χ0v) is 8.60. The smallest absolute Gasteiger partial charge is 0.346 e. The third-order valence-electron chi connectivity index (χ3n) is 1.64. The molecule has 0 N–H and O–H groups in total. The molecule has 16 heavy (non-hydrogen) atoms. The Labute approximate surface area is 95.2 Å². The number of hydrogen-bond donors (Lipinski definition) is 0. The number of halogens is 1. The topological polar surface area (TPSA) is 93.2 Å². The van der Waals surface area contributed by atoms with E-state index in [4.69, 9.17) is 16.9 Å². The summed E-state index contributed by atoms with van der Waals surface area (Å²) in [6.45, 7) is -0.470. The quantitative estimate of drug-likeness (QED) is 0.457. The highest BCUT2D eigenvalue weighted by Crippen LogP contribution is 2.23. The summed E-state index contributed by atoms with van der Waals surface area (Å²) >= 11 is 5.60. The van der Waals surface area contributed by atoms with Crippen molar-refractivity contribution in [3.8, 4) is 6.07 Å². The first-order chi connectivity index (χ1) is 7.56. The van der Waals surface area contributed by atoms with E-state index < -0.39 is 23.2 Å². The molecule has 7 heteroatoms. The highest BCUT2D eigenvalue weighted by Gasteiger charge is 2.21. The molecule has 0 bridgehead atoms. The van der Waals surface area contributed by atoms with Gasteiger partial charge in [-0.05, 0) is 12.1 Å². The van der Waals surface area contributed by atoms with Gasteiger partial charge in [-0.3, -0.25) is 10.1 Å². The maximum atomic E-state index is 11.3. The van der Waals surface area contributed by atoms with Crippen LogP contribution in [0.3, 0.4) is 0 Å². The van der Waals surface area contributed by atoms with Gasteiger partial charge in [0.2, 0.25) is 0 Å². The van der Waals surface area contributed by atoms with Gasteiger partial charge in [-0.25, -0.2) is 4.79 Å². The van der Waals surface area contributed by atoms with E-state index in [0.29, 0.717) is 0 Å². The van der Waals surface area contributed by atoms with Crippen molar-refractivity contribution in [1.29, 1.82) is 5.26 Å². The second-order valence-corrected chi connectivity index (χ2v) is 3.09. The van der Waals surface area contributed by atoms with Gasteiger partial charge in [0.05, 0.1) is 4.92 Å². The number of nitro groups is 1. The van der Waals surface area contributed by atoms with Gasteiger partial charge in [-0.15, -0.1) is 0 Å². The van der Waals surface area contributed by atoms with Crippen LogP contribution in [0.5, 0.6) is 0 Å². The first-order valence-electron chi connectivity index (χ1n) is 4.04. The van der Waals surface area contributed by atoms with Gasteiger partial charge in [0.15, 0.2) is 6.61 Å². The van der Waals surface area contributed by atoms with Gasteiger partial charge < -0.3 is 4.74 Å². The average Bonchev–Trinajstić information content (AvgIpc) is 2.25. The van der Waals surface area contributed by atoms with Crippen LogP contribution in [0.2, 0.25) is 5.02 Å². The minimum absolute atomic E-state index is 0.175. The van der Waals surface area contributed by atoms with E-state index in [0.717, 1.165) is 12.1 Å². The summed E-state index contributed by atoms with van der Waals surface area (Å²) in [5, 5.41) is 19.0. The minimum Gasteiger partial charge on any atom is -0.446 e. The number of ether oxygens (including phenoxy) is 1. The third kappa shape index (κ3) is 2.68. The molecule has 0 saturated heterocycles. The maximum absolute atomic E-state index is 11.3. The second-order valence-electron chi connectivity index (χ2n) is 2.65. The third-order valence-corrected chi connectivity index (χ3v) is 1.88. The molecule has 0 atom stereocenters. The van der Waals surface area contributed by atoms with Crippen LogP contribution < -0.4 is 0 Å². The van der Waals surface area contributed by atoms with Crippen LogP contribution in [-0.4, -0.2) is 17.5 Å². The van der Waals surface area contributed by atoms with E-state index in [9.17, 15) is 14.9 Å². The lowest BCUT2D eigenvalue weighted by Gasteiger charge is -2.02. The fourth-order valence-corrected chi connectivity index (χ4v) is 1.18. The maximum Gasteiger partial charge on any atom is 0.346 e. The number of carbonyl (C=O) groups is 1. The molecular weight excluding hydrogens is 236 g/mol. The Morgan fingerprint density at radius 2 is 2.31 bits per heavy atom. The van der Waals surface area contributed by atoms with Crippen molar-refractivity contribution in [3.63, 3.8) is 0 Å². The van der Waals surface area contributed by atoms with Gasteiger partial charge >= 0.3 is 5.97 Å². The lowest BCUT2D eigenvalue weighted by atomic mass is 10.2. The molecule has 1 rings (SSSR count). The zero-order chi connectivity index (χ0) is 12.1. The summed E-state index contributed by atoms with van der Waals surface area (Å²) in [6.07, 6.45) is 0. The Balaban J connectivity index is 3.10. The summed E-state index contributed by atoms with van der Waals surface area (Å²) in [4.78, 5) is 21.2. The van der Waals surface area contributed by atoms with Crippen LogP contribution in [0.25, 0.3) is 0 Å². The molecule has 82 valence electrons. The number of esters is 1. The van der Waals surface area contributed by atoms with Crippen LogP contribution in [0.1, 0.15) is 10.4 Å². The molecule has 1 aromatic carbocycles. The molecule has 0 amide bonds. The van der Waals surface area contributed by atoms with Gasteiger partial charge in [-0.1, -0.05) is 11.6 Å². The summed E-state index contributed by atoms with van der Waals surface area (Å²) in [5.41, 5.74) is -0.680. The number of nitro benzene ring substituents is 1. The van der Waals surface area contributed by atoms with E-state index in [1.807, 2.05) is 0 Å². The van der Waals surface area contributed by atoms with Crippen molar-refractivity contribution >= 4 is 23.3 Å². The van der Waals surface area contributed by atoms with Crippen LogP contribution in [0.4, 0.5) is 5.69 Å². The highest BCUT2D eigenvalue weighted by atomic mass is 35.5. The molecule has 0 unspecified atom stereocenters. The molecule has 0 saturated carbocycles. The number of hydrogen-bond acceptors (Lipinski definition) is 5. The normalized spacial score (nSPS) is 9.25. The Morgan fingerprint density at radius 3 is 2.88 bits per heavy atom. The van der Waals surface area contributed by atoms with Crippen LogP contribution in [0, 0.1) is 21.4 Å². The summed E-state index contributed by atoms with van der Waals surface area (Å²) in [5.74, 6) is -0.948. The first kappa shape index (κ1) is 11.9. The molecule has 0 spiro atoms. The monoisotopic (exact) mass is 240 g/mol. The number of carbonyl (C=O) groups excluding carboxylic acids is 1. The number of nitriles is 1. The van der Waals surface area contributed by atoms with Crippen molar-refractivity contribution in [2.24, 2.45) is 0 Å². The second kappa shape index (κ2) is 5.09. The van der Waals surface area contributed by atoms with Gasteiger partial charge in [0, 0.05) is 11.1 Å². The molecule has 0 aliphatic heterocycles. The molecule has 6 nitrogen and oxygen atoms in total. The van der Waals surface area contributed by atoms with E-state index in [2.05, 4.69) is 4.74 Å². The minimum atomic E-state index is -0.948. The van der Waals surface area contributed by atoms with Crippen LogP contribution >= 0.6 is 11.6 Å². The highest BCUT2D eigenvalue weighted by molar-refractivity contribution is 6.31. The largest absolute Gasteiger partial charge is 0.446 e. The van der Waals surface area contributed by atoms with Gasteiger partial charge in [0.25, 0.3) is 5.69 Å². The number of rotatable bonds is 3. The van der Waals surface area contributed by atoms with Crippen molar-refractivity contribution in [2.45, 2.75) is 0 Å². The molecule has 0 aliphatic carbocycles. The molecular formula is C9H5ClN2O4. The Morgan fingerprint density at radius 1 is 1.62 bits per heavy atom. The summed E-state index contributed by atoms with van der Waals surface area (Å²) in [7, 11) is 0. The van der Waals surface area contributed by atoms with Crippen molar-refractivity contribution in [1.82, 2.24) is 0 Å². The molecule has 0 aliphatic rings. The van der Waals surface area contributed by atoms with E-state index in [1.54, 1.807) is 6.07 Å². The molecule has 1 aromatic rings. The number of benzene rings is 1. The van der Waals surface area contributed by atoms with Gasteiger partial charge in [-0.2, -0.15) is 5.26 Å². The first-order valence-corrected chi connectivity index (χ1v) is 4.42. The van der Waals surface area contributed by atoms with Crippen LogP contribution in [-0.2, 0) is 4.74 Å². The molecule has 0 radical (unpaired) electrons. The molecule has 0 aromatic heterocycles. The van der Waals surface area contributed by atoms with E-state index in [1.165, 1.54) is 6.07 Å². The van der Waals surface area contributed by atoms with Crippen molar-refractivity contribution < 1.29 is 14.5 Å². The van der Waals surface area contributed by atoms with Crippen LogP contribution in [0.15, 0.2) is 18.2 Å². The standard InChI is InChI=1S/C9H5ClN2O4/c10-6-1-2-8(12(14)15)7(5-6)9(13)16-4-3-11/h1-2,5H,4H2. The Bertz CT molecular complexity index is 481. The van der Waals surface area contributed by atoms with Gasteiger partial charge in [0.1, 0.15) is 11.6 Å². The predicted molar refractivity (Wildman–Crippen MR) is 54.0 cm³/mol. The SMILES string of the molecule is N#CCOC(=O)c1cc(Cl)ccc1[N+](=O)[O-]. The summed E-state index contributed by atoms with van der Waals surface area (Å²) in [6, 6.07) is 5.11.